The summed E-state index contributed by atoms with van der Waals surface area (Å²) < 4.78 is 0. The van der Waals surface area contributed by atoms with Crippen molar-refractivity contribution in [2.45, 2.75) is 12.8 Å². The van der Waals surface area contributed by atoms with E-state index in [4.69, 9.17) is 16.4 Å². The largest absolute Gasteiger partial charge is 0.372 e. The molecule has 0 saturated carbocycles. The summed E-state index contributed by atoms with van der Waals surface area (Å²) in [5.41, 5.74) is 5.83. The molecule has 0 unspecified atom stereocenters. The van der Waals surface area contributed by atoms with Gasteiger partial charge in [-0.15, -0.1) is 0 Å². The van der Waals surface area contributed by atoms with E-state index in [1.54, 1.807) is 12.2 Å². The van der Waals surface area contributed by atoms with Gasteiger partial charge in [-0.05, 0) is 30.5 Å². The minimum Gasteiger partial charge on any atom is -0.372 e. The minimum absolute atomic E-state index is 0.250. The summed E-state index contributed by atoms with van der Waals surface area (Å²) in [6.45, 7) is 9.57. The zero-order valence-corrected chi connectivity index (χ0v) is 11.4. The third kappa shape index (κ3) is 3.79. The van der Waals surface area contributed by atoms with E-state index < -0.39 is 0 Å². The summed E-state index contributed by atoms with van der Waals surface area (Å²) in [6.07, 6.45) is 6.09. The summed E-state index contributed by atoms with van der Waals surface area (Å²) in [7, 11) is 0. The van der Waals surface area contributed by atoms with Crippen LogP contribution in [0, 0.1) is 0 Å². The number of nitrogens with two attached hydrogens (primary N) is 1. The SMILES string of the molecule is C=Cc1nc(Cl)nc(N2CCCC2)c1C=C.NC=O. The molecule has 1 amide bonds. The minimum atomic E-state index is 0.250. The zero-order chi connectivity index (χ0) is 14.3. The zero-order valence-electron chi connectivity index (χ0n) is 10.7. The number of aromatic nitrogens is 2. The molecule has 0 radical (unpaired) electrons. The standard InChI is InChI=1S/C12H14ClN3.CH3NO/c1-3-9-10(4-2)14-12(13)15-11(9)16-7-5-6-8-16;2-1-3/h3-4H,1-2,5-8H2;1H,(H2,2,3). The molecule has 1 aromatic heterocycles. The Hall–Kier alpha value is -1.88. The van der Waals surface area contributed by atoms with E-state index in [0.29, 0.717) is 0 Å². The molecule has 6 heteroatoms. The Bertz CT molecular complexity index is 470. The Morgan fingerprint density at radius 2 is 1.79 bits per heavy atom. The van der Waals surface area contributed by atoms with Crippen LogP contribution in [0.2, 0.25) is 5.28 Å². The number of hydrogen-bond donors (Lipinski definition) is 1. The Balaban J connectivity index is 0.000000550. The molecule has 19 heavy (non-hydrogen) atoms. The summed E-state index contributed by atoms with van der Waals surface area (Å²) in [5.74, 6) is 0.877. The van der Waals surface area contributed by atoms with Crippen LogP contribution in [0.3, 0.4) is 0 Å². The molecule has 0 bridgehead atoms. The lowest BCUT2D eigenvalue weighted by Crippen LogP contribution is -2.21. The van der Waals surface area contributed by atoms with Gasteiger partial charge in [-0.1, -0.05) is 19.2 Å². The average Bonchev–Trinajstić information content (AvgIpc) is 2.92. The van der Waals surface area contributed by atoms with Crippen molar-refractivity contribution in [3.05, 3.63) is 29.7 Å². The lowest BCUT2D eigenvalue weighted by molar-refractivity contribution is -0.106. The molecule has 1 aliphatic heterocycles. The quantitative estimate of drug-likeness (QED) is 0.680. The number of rotatable bonds is 3. The van der Waals surface area contributed by atoms with Gasteiger partial charge in [0, 0.05) is 18.7 Å². The van der Waals surface area contributed by atoms with Crippen molar-refractivity contribution in [2.24, 2.45) is 5.73 Å². The van der Waals surface area contributed by atoms with Crippen molar-refractivity contribution in [1.29, 1.82) is 0 Å². The molecular weight excluding hydrogens is 264 g/mol. The van der Waals surface area contributed by atoms with Crippen LogP contribution in [0.15, 0.2) is 13.2 Å². The Labute approximate surface area is 117 Å². The number of nitrogens with zero attached hydrogens (tertiary/aromatic N) is 3. The van der Waals surface area contributed by atoms with Crippen LogP contribution in [0.4, 0.5) is 5.82 Å². The van der Waals surface area contributed by atoms with Gasteiger partial charge in [-0.25, -0.2) is 4.98 Å². The lowest BCUT2D eigenvalue weighted by Gasteiger charge is -2.19. The van der Waals surface area contributed by atoms with Gasteiger partial charge in [0.2, 0.25) is 11.7 Å². The van der Waals surface area contributed by atoms with Crippen LogP contribution in [-0.4, -0.2) is 29.5 Å². The topological polar surface area (TPSA) is 72.1 Å². The second kappa shape index (κ2) is 7.53. The third-order valence-corrected chi connectivity index (χ3v) is 2.90. The summed E-state index contributed by atoms with van der Waals surface area (Å²) in [5, 5.41) is 0.266. The lowest BCUT2D eigenvalue weighted by atomic mass is 10.2. The van der Waals surface area contributed by atoms with Crippen LogP contribution in [0.1, 0.15) is 24.1 Å². The first-order valence-electron chi connectivity index (χ1n) is 5.90. The number of amides is 1. The maximum absolute atomic E-state index is 8.58. The molecule has 2 N–H and O–H groups in total. The predicted octanol–water partition coefficient (Wildman–Crippen LogP) is 2.12. The Morgan fingerprint density at radius 1 is 1.21 bits per heavy atom. The van der Waals surface area contributed by atoms with E-state index in [1.807, 2.05) is 0 Å². The fourth-order valence-electron chi connectivity index (χ4n) is 1.97. The van der Waals surface area contributed by atoms with Crippen LogP contribution in [0.5, 0.6) is 0 Å². The first-order valence-corrected chi connectivity index (χ1v) is 6.28. The summed E-state index contributed by atoms with van der Waals surface area (Å²) in [4.78, 5) is 19.2. The van der Waals surface area contributed by atoms with E-state index in [0.717, 1.165) is 30.2 Å². The molecule has 0 spiro atoms. The molecule has 1 aliphatic rings. The summed E-state index contributed by atoms with van der Waals surface area (Å²) >= 11 is 5.91. The number of carbonyl (C=O) groups is 1. The van der Waals surface area contributed by atoms with Crippen molar-refractivity contribution in [3.63, 3.8) is 0 Å². The van der Waals surface area contributed by atoms with Crippen molar-refractivity contribution >= 4 is 36.0 Å². The van der Waals surface area contributed by atoms with Crippen molar-refractivity contribution < 1.29 is 4.79 Å². The first kappa shape index (κ1) is 15.2. The molecule has 2 rings (SSSR count). The Kier molecular flexibility index (Phi) is 6.02. The van der Waals surface area contributed by atoms with Gasteiger partial charge in [0.1, 0.15) is 5.82 Å². The molecule has 1 aromatic rings. The van der Waals surface area contributed by atoms with Gasteiger partial charge in [0.15, 0.2) is 0 Å². The van der Waals surface area contributed by atoms with Crippen LogP contribution in [0.25, 0.3) is 12.2 Å². The highest BCUT2D eigenvalue weighted by Crippen LogP contribution is 2.27. The van der Waals surface area contributed by atoms with Crippen molar-refractivity contribution in [2.75, 3.05) is 18.0 Å². The molecular formula is C13H17ClN4O. The van der Waals surface area contributed by atoms with Crippen molar-refractivity contribution in [3.8, 4) is 0 Å². The van der Waals surface area contributed by atoms with Gasteiger partial charge >= 0.3 is 0 Å². The average molecular weight is 281 g/mol. The number of halogens is 1. The highest BCUT2D eigenvalue weighted by Gasteiger charge is 2.19. The predicted molar refractivity (Wildman–Crippen MR) is 78.9 cm³/mol. The second-order valence-electron chi connectivity index (χ2n) is 3.85. The number of hydrogen-bond acceptors (Lipinski definition) is 4. The smallest absolute Gasteiger partial charge is 0.224 e. The fourth-order valence-corrected chi connectivity index (χ4v) is 2.14. The summed E-state index contributed by atoms with van der Waals surface area (Å²) in [6, 6.07) is 0. The molecule has 1 fully saturated rings. The van der Waals surface area contributed by atoms with E-state index in [1.165, 1.54) is 12.8 Å². The van der Waals surface area contributed by atoms with E-state index in [2.05, 4.69) is 33.8 Å². The van der Waals surface area contributed by atoms with E-state index in [-0.39, 0.29) is 11.7 Å². The maximum atomic E-state index is 8.58. The number of anilines is 1. The van der Waals surface area contributed by atoms with E-state index in [9.17, 15) is 0 Å². The highest BCUT2D eigenvalue weighted by atomic mass is 35.5. The van der Waals surface area contributed by atoms with E-state index >= 15 is 0 Å². The normalized spacial score (nSPS) is 13.4. The van der Waals surface area contributed by atoms with Crippen LogP contribution >= 0.6 is 11.6 Å². The molecule has 0 aliphatic carbocycles. The number of primary amides is 1. The van der Waals surface area contributed by atoms with Crippen LogP contribution < -0.4 is 10.6 Å². The fraction of sp³-hybridized carbons (Fsp3) is 0.308. The van der Waals surface area contributed by atoms with Gasteiger partial charge in [0.05, 0.1) is 5.69 Å². The van der Waals surface area contributed by atoms with Gasteiger partial charge in [0.25, 0.3) is 0 Å². The third-order valence-electron chi connectivity index (χ3n) is 2.73. The monoisotopic (exact) mass is 280 g/mol. The molecule has 102 valence electrons. The number of carbonyl (C=O) groups excluding carboxylic acids is 1. The molecule has 2 heterocycles. The molecule has 5 nitrogen and oxygen atoms in total. The highest BCUT2D eigenvalue weighted by molar-refractivity contribution is 6.28. The van der Waals surface area contributed by atoms with Gasteiger partial charge in [-0.2, -0.15) is 4.98 Å². The molecule has 0 atom stereocenters. The second-order valence-corrected chi connectivity index (χ2v) is 4.19. The van der Waals surface area contributed by atoms with Gasteiger partial charge in [-0.3, -0.25) is 4.79 Å². The molecule has 0 aromatic carbocycles. The van der Waals surface area contributed by atoms with Crippen molar-refractivity contribution in [1.82, 2.24) is 9.97 Å². The molecule has 1 saturated heterocycles. The van der Waals surface area contributed by atoms with Gasteiger partial charge < -0.3 is 10.6 Å². The first-order chi connectivity index (χ1) is 9.17. The maximum Gasteiger partial charge on any atom is 0.224 e. The van der Waals surface area contributed by atoms with Crippen LogP contribution in [-0.2, 0) is 4.79 Å². The Morgan fingerprint density at radius 3 is 2.26 bits per heavy atom.